The third kappa shape index (κ3) is 4.61. The van der Waals surface area contributed by atoms with Crippen molar-refractivity contribution in [2.24, 2.45) is 7.05 Å². The Balaban J connectivity index is 1.56. The van der Waals surface area contributed by atoms with E-state index in [1.807, 2.05) is 30.3 Å². The molecule has 0 saturated carbocycles. The van der Waals surface area contributed by atoms with E-state index in [1.165, 1.54) is 0 Å². The summed E-state index contributed by atoms with van der Waals surface area (Å²) in [6.45, 7) is 8.81. The normalized spacial score (nSPS) is 17.2. The Morgan fingerprint density at radius 3 is 2.89 bits per heavy atom. The van der Waals surface area contributed by atoms with Crippen LogP contribution in [-0.2, 0) is 13.6 Å². The molecule has 148 valence electrons. The van der Waals surface area contributed by atoms with Gasteiger partial charge in [0.05, 0.1) is 23.3 Å². The van der Waals surface area contributed by atoms with Crippen LogP contribution in [0.5, 0.6) is 0 Å². The highest BCUT2D eigenvalue weighted by molar-refractivity contribution is 5.89. The van der Waals surface area contributed by atoms with Gasteiger partial charge in [-0.3, -0.25) is 9.36 Å². The van der Waals surface area contributed by atoms with E-state index in [0.29, 0.717) is 0 Å². The van der Waals surface area contributed by atoms with Crippen LogP contribution in [0.2, 0.25) is 0 Å². The van der Waals surface area contributed by atoms with E-state index in [0.717, 1.165) is 68.2 Å². The number of aromatic nitrogens is 4. The molecule has 1 saturated heterocycles. The predicted octanol–water partition coefficient (Wildman–Crippen LogP) is 2.82. The van der Waals surface area contributed by atoms with Gasteiger partial charge in [-0.05, 0) is 33.1 Å². The predicted molar refractivity (Wildman–Crippen MR) is 107 cm³/mol. The SMILES string of the molecule is CCCCn1ncc(NC(=O)NC2CCCN(c3cc(C)nn3C)C2)c1C. The Bertz CT molecular complexity index is 779. The molecule has 3 rings (SSSR count). The van der Waals surface area contributed by atoms with Crippen molar-refractivity contribution in [3.8, 4) is 0 Å². The molecule has 3 heterocycles. The summed E-state index contributed by atoms with van der Waals surface area (Å²) in [5, 5.41) is 14.9. The number of anilines is 2. The molecule has 1 fully saturated rings. The Hall–Kier alpha value is -2.51. The quantitative estimate of drug-likeness (QED) is 0.816. The minimum atomic E-state index is -0.166. The number of piperidine rings is 1. The van der Waals surface area contributed by atoms with Crippen molar-refractivity contribution >= 4 is 17.5 Å². The van der Waals surface area contributed by atoms with Crippen LogP contribution in [0, 0.1) is 13.8 Å². The second-order valence-electron chi connectivity index (χ2n) is 7.37. The fourth-order valence-electron chi connectivity index (χ4n) is 3.64. The highest BCUT2D eigenvalue weighted by atomic mass is 16.2. The van der Waals surface area contributed by atoms with Gasteiger partial charge in [0.2, 0.25) is 0 Å². The first-order valence-electron chi connectivity index (χ1n) is 9.83. The van der Waals surface area contributed by atoms with Crippen LogP contribution in [0.25, 0.3) is 0 Å². The summed E-state index contributed by atoms with van der Waals surface area (Å²) in [6, 6.07) is 2.04. The van der Waals surface area contributed by atoms with E-state index in [4.69, 9.17) is 0 Å². The molecular weight excluding hydrogens is 342 g/mol. The zero-order valence-corrected chi connectivity index (χ0v) is 16.8. The molecule has 27 heavy (non-hydrogen) atoms. The number of amides is 2. The summed E-state index contributed by atoms with van der Waals surface area (Å²) in [4.78, 5) is 14.8. The van der Waals surface area contributed by atoms with Crippen LogP contribution in [0.4, 0.5) is 16.3 Å². The molecule has 1 aliphatic heterocycles. The molecule has 2 amide bonds. The fourth-order valence-corrected chi connectivity index (χ4v) is 3.64. The lowest BCUT2D eigenvalue weighted by atomic mass is 10.1. The van der Waals surface area contributed by atoms with E-state index in [9.17, 15) is 4.79 Å². The minimum absolute atomic E-state index is 0.115. The number of carbonyl (C=O) groups is 1. The Labute approximate surface area is 160 Å². The molecule has 1 atom stereocenters. The van der Waals surface area contributed by atoms with Gasteiger partial charge in [-0.2, -0.15) is 10.2 Å². The van der Waals surface area contributed by atoms with E-state index < -0.39 is 0 Å². The van der Waals surface area contributed by atoms with E-state index in [1.54, 1.807) is 6.20 Å². The smallest absolute Gasteiger partial charge is 0.319 e. The third-order valence-corrected chi connectivity index (χ3v) is 5.13. The zero-order chi connectivity index (χ0) is 19.4. The molecule has 0 spiro atoms. The summed E-state index contributed by atoms with van der Waals surface area (Å²) in [6.07, 6.45) is 5.96. The second-order valence-corrected chi connectivity index (χ2v) is 7.37. The van der Waals surface area contributed by atoms with Gasteiger partial charge in [0.1, 0.15) is 5.82 Å². The van der Waals surface area contributed by atoms with E-state index in [-0.39, 0.29) is 12.1 Å². The maximum Gasteiger partial charge on any atom is 0.319 e. The minimum Gasteiger partial charge on any atom is -0.355 e. The first kappa shape index (κ1) is 19.3. The Morgan fingerprint density at radius 2 is 2.19 bits per heavy atom. The van der Waals surface area contributed by atoms with Crippen LogP contribution in [-0.4, -0.2) is 44.7 Å². The van der Waals surface area contributed by atoms with Crippen LogP contribution < -0.4 is 15.5 Å². The van der Waals surface area contributed by atoms with Crippen LogP contribution >= 0.6 is 0 Å². The average Bonchev–Trinajstić information content (AvgIpc) is 3.15. The summed E-state index contributed by atoms with van der Waals surface area (Å²) < 4.78 is 3.86. The molecule has 2 aromatic rings. The molecule has 1 unspecified atom stereocenters. The number of nitrogens with one attached hydrogen (secondary N) is 2. The lowest BCUT2D eigenvalue weighted by Crippen LogP contribution is -2.49. The molecule has 0 aliphatic carbocycles. The third-order valence-electron chi connectivity index (χ3n) is 5.13. The van der Waals surface area contributed by atoms with Crippen molar-refractivity contribution in [2.75, 3.05) is 23.3 Å². The molecule has 8 heteroatoms. The molecular formula is C19H31N7O. The second kappa shape index (κ2) is 8.45. The molecule has 0 aromatic carbocycles. The molecule has 2 N–H and O–H groups in total. The largest absolute Gasteiger partial charge is 0.355 e. The summed E-state index contributed by atoms with van der Waals surface area (Å²) in [5.74, 6) is 1.10. The number of unbranched alkanes of at least 4 members (excludes halogenated alkanes) is 1. The number of carbonyl (C=O) groups excluding carboxylic acids is 1. The topological polar surface area (TPSA) is 80.0 Å². The standard InChI is InChI=1S/C19H31N7O/c1-5-6-10-26-15(3)17(12-20-26)22-19(27)21-16-8-7-9-25(13-16)18-11-14(2)23-24(18)4/h11-12,16H,5-10,13H2,1-4H3,(H2,21,22,27). The number of urea groups is 1. The van der Waals surface area contributed by atoms with Crippen molar-refractivity contribution in [3.05, 3.63) is 23.7 Å². The molecule has 0 radical (unpaired) electrons. The molecule has 2 aromatic heterocycles. The summed E-state index contributed by atoms with van der Waals surface area (Å²) in [5.41, 5.74) is 2.78. The van der Waals surface area contributed by atoms with Crippen molar-refractivity contribution in [1.29, 1.82) is 0 Å². The Morgan fingerprint density at radius 1 is 1.37 bits per heavy atom. The van der Waals surface area contributed by atoms with Gasteiger partial charge < -0.3 is 15.5 Å². The van der Waals surface area contributed by atoms with Crippen LogP contribution in [0.3, 0.4) is 0 Å². The van der Waals surface area contributed by atoms with Gasteiger partial charge in [0, 0.05) is 38.8 Å². The van der Waals surface area contributed by atoms with E-state index >= 15 is 0 Å². The van der Waals surface area contributed by atoms with Crippen molar-refractivity contribution in [3.63, 3.8) is 0 Å². The van der Waals surface area contributed by atoms with Crippen LogP contribution in [0.1, 0.15) is 44.0 Å². The molecule has 1 aliphatic rings. The van der Waals surface area contributed by atoms with Gasteiger partial charge in [-0.1, -0.05) is 13.3 Å². The maximum absolute atomic E-state index is 12.5. The number of rotatable bonds is 6. The maximum atomic E-state index is 12.5. The zero-order valence-electron chi connectivity index (χ0n) is 16.8. The highest BCUT2D eigenvalue weighted by Crippen LogP contribution is 2.21. The van der Waals surface area contributed by atoms with Crippen LogP contribution in [0.15, 0.2) is 12.3 Å². The van der Waals surface area contributed by atoms with Crippen molar-refractivity contribution < 1.29 is 4.79 Å². The Kier molecular flexibility index (Phi) is 6.03. The van der Waals surface area contributed by atoms with Gasteiger partial charge in [-0.25, -0.2) is 4.79 Å². The number of nitrogens with zero attached hydrogens (tertiary/aromatic N) is 5. The fraction of sp³-hybridized carbons (Fsp3) is 0.632. The lowest BCUT2D eigenvalue weighted by Gasteiger charge is -2.34. The van der Waals surface area contributed by atoms with Crippen molar-refractivity contribution in [1.82, 2.24) is 24.9 Å². The highest BCUT2D eigenvalue weighted by Gasteiger charge is 2.24. The first-order chi connectivity index (χ1) is 13.0. The number of aryl methyl sites for hydroxylation is 3. The van der Waals surface area contributed by atoms with Gasteiger partial charge >= 0.3 is 6.03 Å². The first-order valence-corrected chi connectivity index (χ1v) is 9.83. The van der Waals surface area contributed by atoms with Gasteiger partial charge in [0.15, 0.2) is 0 Å². The van der Waals surface area contributed by atoms with Gasteiger partial charge in [-0.15, -0.1) is 0 Å². The summed E-state index contributed by atoms with van der Waals surface area (Å²) in [7, 11) is 1.96. The van der Waals surface area contributed by atoms with Gasteiger partial charge in [0.25, 0.3) is 0 Å². The van der Waals surface area contributed by atoms with E-state index in [2.05, 4.69) is 38.7 Å². The molecule has 0 bridgehead atoms. The summed E-state index contributed by atoms with van der Waals surface area (Å²) >= 11 is 0. The average molecular weight is 374 g/mol. The molecule has 8 nitrogen and oxygen atoms in total. The number of hydrogen-bond acceptors (Lipinski definition) is 4. The van der Waals surface area contributed by atoms with Crippen molar-refractivity contribution in [2.45, 2.75) is 59.0 Å². The lowest BCUT2D eigenvalue weighted by molar-refractivity contribution is 0.246. The number of hydrogen-bond donors (Lipinski definition) is 2. The monoisotopic (exact) mass is 373 g/mol.